The summed E-state index contributed by atoms with van der Waals surface area (Å²) in [6, 6.07) is 1.81. The number of fused-ring (bicyclic) bond motifs is 5. The molecule has 10 heteroatoms. The van der Waals surface area contributed by atoms with Crippen LogP contribution in [-0.4, -0.2) is 46.6 Å². The van der Waals surface area contributed by atoms with Gasteiger partial charge in [0, 0.05) is 25.5 Å². The van der Waals surface area contributed by atoms with Crippen LogP contribution in [0.25, 0.3) is 33.6 Å². The first-order valence-electron chi connectivity index (χ1n) is 10.8. The predicted molar refractivity (Wildman–Crippen MR) is 120 cm³/mol. The van der Waals surface area contributed by atoms with Gasteiger partial charge in [0.05, 0.1) is 23.1 Å². The van der Waals surface area contributed by atoms with E-state index in [1.807, 2.05) is 23.9 Å². The normalized spacial score (nSPS) is 24.9. The van der Waals surface area contributed by atoms with Gasteiger partial charge in [-0.25, -0.2) is 19.9 Å². The number of carbonyl (C=O) groups is 1. The van der Waals surface area contributed by atoms with Crippen molar-refractivity contribution in [1.82, 2.24) is 29.5 Å². The van der Waals surface area contributed by atoms with Gasteiger partial charge in [-0.05, 0) is 43.6 Å². The summed E-state index contributed by atoms with van der Waals surface area (Å²) < 4.78 is 1.93. The van der Waals surface area contributed by atoms with E-state index in [1.165, 1.54) is 6.20 Å². The van der Waals surface area contributed by atoms with Crippen molar-refractivity contribution in [2.24, 2.45) is 24.8 Å². The van der Waals surface area contributed by atoms with Crippen molar-refractivity contribution in [2.75, 3.05) is 5.32 Å². The van der Waals surface area contributed by atoms with Crippen molar-refractivity contribution >= 4 is 45.6 Å². The highest BCUT2D eigenvalue weighted by atomic mass is 35.5. The van der Waals surface area contributed by atoms with Crippen molar-refractivity contribution in [3.05, 3.63) is 29.8 Å². The monoisotopic (exact) mass is 451 g/mol. The Morgan fingerprint density at radius 2 is 2.00 bits per heavy atom. The maximum atomic E-state index is 12.1. The second-order valence-corrected chi connectivity index (χ2v) is 9.25. The topological polar surface area (TPSA) is 122 Å². The van der Waals surface area contributed by atoms with E-state index in [0.717, 1.165) is 36.7 Å². The van der Waals surface area contributed by atoms with Gasteiger partial charge >= 0.3 is 5.97 Å². The Balaban J connectivity index is 1.48. The molecule has 0 amide bonds. The first-order valence-corrected chi connectivity index (χ1v) is 11.2. The maximum Gasteiger partial charge on any atom is 0.308 e. The largest absolute Gasteiger partial charge is 0.481 e. The van der Waals surface area contributed by atoms with Crippen molar-refractivity contribution in [1.29, 1.82) is 0 Å². The van der Waals surface area contributed by atoms with Gasteiger partial charge in [0.15, 0.2) is 11.5 Å². The number of rotatable bonds is 4. The number of nitrogens with one attached hydrogen (secondary N) is 2. The molecule has 3 saturated carbocycles. The molecule has 4 heterocycles. The van der Waals surface area contributed by atoms with Gasteiger partial charge < -0.3 is 20.0 Å². The molecule has 3 aliphatic rings. The van der Waals surface area contributed by atoms with E-state index in [-0.39, 0.29) is 12.0 Å². The van der Waals surface area contributed by atoms with E-state index in [0.29, 0.717) is 39.4 Å². The molecule has 4 aromatic heterocycles. The fourth-order valence-electron chi connectivity index (χ4n) is 5.58. The fraction of sp³-hybridized carbons (Fsp3) is 0.409. The number of carboxylic acid groups (broad SMARTS) is 1. The molecule has 2 atom stereocenters. The van der Waals surface area contributed by atoms with Crippen LogP contribution in [-0.2, 0) is 11.8 Å². The number of nitrogens with zero attached hydrogens (tertiary/aromatic N) is 5. The van der Waals surface area contributed by atoms with Gasteiger partial charge in [0.1, 0.15) is 22.1 Å². The van der Waals surface area contributed by atoms with E-state index in [9.17, 15) is 9.90 Å². The van der Waals surface area contributed by atoms with Crippen LogP contribution >= 0.6 is 11.6 Å². The fourth-order valence-corrected chi connectivity index (χ4v) is 5.71. The van der Waals surface area contributed by atoms with Gasteiger partial charge in [-0.15, -0.1) is 0 Å². The molecule has 7 rings (SSSR count). The molecule has 9 nitrogen and oxygen atoms in total. The van der Waals surface area contributed by atoms with Crippen LogP contribution < -0.4 is 5.32 Å². The van der Waals surface area contributed by atoms with Crippen LogP contribution in [0, 0.1) is 17.8 Å². The molecule has 2 unspecified atom stereocenters. The van der Waals surface area contributed by atoms with Gasteiger partial charge in [-0.1, -0.05) is 11.6 Å². The van der Waals surface area contributed by atoms with Gasteiger partial charge in [-0.3, -0.25) is 4.79 Å². The number of halogens is 1. The molecule has 0 saturated heterocycles. The zero-order valence-electron chi connectivity index (χ0n) is 17.4. The second kappa shape index (κ2) is 7.16. The molecule has 164 valence electrons. The van der Waals surface area contributed by atoms with Gasteiger partial charge in [0.25, 0.3) is 0 Å². The van der Waals surface area contributed by atoms with Crippen LogP contribution in [0.2, 0.25) is 5.15 Å². The molecule has 4 aromatic rings. The predicted octanol–water partition coefficient (Wildman–Crippen LogP) is 3.86. The number of hydrogen-bond donors (Lipinski definition) is 3. The lowest BCUT2D eigenvalue weighted by Gasteiger charge is -2.47. The van der Waals surface area contributed by atoms with Crippen molar-refractivity contribution in [2.45, 2.75) is 31.7 Å². The van der Waals surface area contributed by atoms with Gasteiger partial charge in [-0.2, -0.15) is 0 Å². The molecule has 0 aromatic carbocycles. The number of aliphatic carboxylic acids is 1. The summed E-state index contributed by atoms with van der Waals surface area (Å²) in [7, 11) is 1.93. The number of hydrogen-bond acceptors (Lipinski definition) is 6. The Morgan fingerprint density at radius 1 is 1.22 bits per heavy atom. The lowest BCUT2D eigenvalue weighted by atomic mass is 9.61. The quantitative estimate of drug-likeness (QED) is 0.430. The molecular weight excluding hydrogens is 430 g/mol. The van der Waals surface area contributed by atoms with Crippen molar-refractivity contribution in [3.63, 3.8) is 0 Å². The summed E-state index contributed by atoms with van der Waals surface area (Å²) in [6.45, 7) is 0. The average Bonchev–Trinajstić information content (AvgIpc) is 3.37. The van der Waals surface area contributed by atoms with Crippen LogP contribution in [0.5, 0.6) is 0 Å². The third kappa shape index (κ3) is 2.95. The Bertz CT molecular complexity index is 1360. The molecular formula is C22H22ClN7O2. The molecule has 32 heavy (non-hydrogen) atoms. The van der Waals surface area contributed by atoms with E-state index < -0.39 is 11.9 Å². The highest BCUT2D eigenvalue weighted by molar-refractivity contribution is 6.29. The highest BCUT2D eigenvalue weighted by Crippen LogP contribution is 2.46. The van der Waals surface area contributed by atoms with E-state index in [4.69, 9.17) is 21.6 Å². The van der Waals surface area contributed by atoms with Crippen molar-refractivity contribution in [3.8, 4) is 11.4 Å². The summed E-state index contributed by atoms with van der Waals surface area (Å²) in [4.78, 5) is 33.5. The van der Waals surface area contributed by atoms with Crippen LogP contribution in [0.1, 0.15) is 25.7 Å². The Labute approximate surface area is 188 Å². The number of aromatic amines is 1. The number of H-pyrrole nitrogens is 1. The molecule has 0 radical (unpaired) electrons. The van der Waals surface area contributed by atoms with Crippen LogP contribution in [0.4, 0.5) is 5.82 Å². The molecule has 3 aliphatic carbocycles. The third-order valence-corrected chi connectivity index (χ3v) is 7.31. The SMILES string of the molecule is Cn1ccc2c(NC3C4CCC(CC4)C3C(=O)O)nc(-c3c[nH]c4ncc(Cl)nc34)nc21. The first kappa shape index (κ1) is 19.5. The summed E-state index contributed by atoms with van der Waals surface area (Å²) in [6.07, 6.45) is 9.29. The van der Waals surface area contributed by atoms with Crippen LogP contribution in [0.15, 0.2) is 24.7 Å². The smallest absolute Gasteiger partial charge is 0.308 e. The zero-order chi connectivity index (χ0) is 22.0. The number of aryl methyl sites for hydroxylation is 1. The molecule has 0 spiro atoms. The highest BCUT2D eigenvalue weighted by Gasteiger charge is 2.47. The lowest BCUT2D eigenvalue weighted by molar-refractivity contribution is -0.148. The van der Waals surface area contributed by atoms with E-state index in [1.54, 1.807) is 6.20 Å². The Kier molecular flexibility index (Phi) is 4.36. The number of carboxylic acids is 1. The minimum Gasteiger partial charge on any atom is -0.481 e. The minimum absolute atomic E-state index is 0.150. The molecule has 3 fully saturated rings. The number of aromatic nitrogens is 6. The van der Waals surface area contributed by atoms with Crippen molar-refractivity contribution < 1.29 is 9.90 Å². The van der Waals surface area contributed by atoms with Gasteiger partial charge in [0.2, 0.25) is 0 Å². The first-order chi connectivity index (χ1) is 15.5. The van der Waals surface area contributed by atoms with E-state index >= 15 is 0 Å². The third-order valence-electron chi connectivity index (χ3n) is 7.12. The molecule has 0 aliphatic heterocycles. The second-order valence-electron chi connectivity index (χ2n) is 8.86. The summed E-state index contributed by atoms with van der Waals surface area (Å²) in [5.41, 5.74) is 2.65. The maximum absolute atomic E-state index is 12.1. The molecule has 3 N–H and O–H groups in total. The standard InChI is InChI=1S/C22H22ClN7O2/c1-30-7-6-12-18(27-16-11-4-2-10(3-5-11)15(16)22(31)32)28-19(29-21(12)30)13-8-24-20-17(13)26-14(23)9-25-20/h6-11,15-16H,2-5H2,1H3,(H,24,25)(H,31,32)(H,27,28,29). The summed E-state index contributed by atoms with van der Waals surface area (Å²) in [5, 5.41) is 14.7. The Morgan fingerprint density at radius 3 is 2.78 bits per heavy atom. The summed E-state index contributed by atoms with van der Waals surface area (Å²) in [5.74, 6) is 0.551. The Hall–Kier alpha value is -3.20. The lowest BCUT2D eigenvalue weighted by Crippen LogP contribution is -2.51. The average molecular weight is 452 g/mol. The summed E-state index contributed by atoms with van der Waals surface area (Å²) >= 11 is 6.08. The minimum atomic E-state index is -0.725. The van der Waals surface area contributed by atoms with Crippen LogP contribution in [0.3, 0.4) is 0 Å². The zero-order valence-corrected chi connectivity index (χ0v) is 18.2. The molecule has 2 bridgehead atoms. The number of anilines is 1. The van der Waals surface area contributed by atoms with E-state index in [2.05, 4.69) is 20.3 Å².